The summed E-state index contributed by atoms with van der Waals surface area (Å²) in [4.78, 5) is 38.3. The molecular formula is C72H134O6. The molecule has 0 fully saturated rings. The standard InChI is InChI=1S/C72H134O6/c1-4-7-10-13-16-19-22-25-27-29-31-32-33-34-35-36-37-38-39-40-41-43-44-47-50-53-56-59-62-65-71(74)77-68-69(67-76-70(73)64-61-58-55-52-49-46-24-21-18-15-12-9-6-3)78-72(75)66-63-60-57-54-51-48-45-42-30-28-26-23-20-17-14-11-8-5-2/h12,15,21,24,28,30,69H,4-11,13-14,16-20,22-23,25-27,29,31-68H2,1-3H3/b15-12-,24-21-,30-28-. The number of ether oxygens (including phenoxy) is 3. The van der Waals surface area contributed by atoms with Crippen LogP contribution in [0.3, 0.4) is 0 Å². The topological polar surface area (TPSA) is 78.9 Å². The van der Waals surface area contributed by atoms with E-state index in [9.17, 15) is 14.4 Å². The fraction of sp³-hybridized carbons (Fsp3) is 0.875. The van der Waals surface area contributed by atoms with Crippen LogP contribution in [0.2, 0.25) is 0 Å². The Morgan fingerprint density at radius 3 is 0.769 bits per heavy atom. The first-order chi connectivity index (χ1) is 38.5. The normalized spacial score (nSPS) is 12.2. The molecule has 0 aliphatic carbocycles. The summed E-state index contributed by atoms with van der Waals surface area (Å²) in [7, 11) is 0. The van der Waals surface area contributed by atoms with Gasteiger partial charge in [0.2, 0.25) is 0 Å². The Labute approximate surface area is 486 Å². The van der Waals surface area contributed by atoms with Crippen LogP contribution >= 0.6 is 0 Å². The molecule has 0 N–H and O–H groups in total. The van der Waals surface area contributed by atoms with E-state index in [1.54, 1.807) is 0 Å². The lowest BCUT2D eigenvalue weighted by atomic mass is 10.0. The molecule has 0 aromatic heterocycles. The number of carbonyl (C=O) groups excluding carboxylic acids is 3. The fourth-order valence-corrected chi connectivity index (χ4v) is 10.6. The van der Waals surface area contributed by atoms with Crippen LogP contribution in [0.4, 0.5) is 0 Å². The molecule has 458 valence electrons. The molecule has 0 rings (SSSR count). The summed E-state index contributed by atoms with van der Waals surface area (Å²) in [6.07, 6.45) is 83.3. The van der Waals surface area contributed by atoms with Crippen molar-refractivity contribution in [2.75, 3.05) is 13.2 Å². The summed E-state index contributed by atoms with van der Waals surface area (Å²) < 4.78 is 17.0. The van der Waals surface area contributed by atoms with Gasteiger partial charge in [0, 0.05) is 19.3 Å². The molecule has 1 atom stereocenters. The molecule has 6 heteroatoms. The maximum atomic E-state index is 12.9. The zero-order valence-electron chi connectivity index (χ0n) is 52.7. The zero-order chi connectivity index (χ0) is 56.4. The molecular weight excluding hydrogens is 961 g/mol. The van der Waals surface area contributed by atoms with E-state index in [1.807, 2.05) is 0 Å². The number of unbranched alkanes of at least 4 members (excludes halogenated alkanes) is 48. The number of esters is 3. The van der Waals surface area contributed by atoms with Gasteiger partial charge in [-0.15, -0.1) is 0 Å². The van der Waals surface area contributed by atoms with E-state index in [1.165, 1.54) is 263 Å². The smallest absolute Gasteiger partial charge is 0.306 e. The van der Waals surface area contributed by atoms with Crippen LogP contribution in [0.15, 0.2) is 36.5 Å². The van der Waals surface area contributed by atoms with E-state index in [4.69, 9.17) is 14.2 Å². The number of rotatable bonds is 65. The molecule has 78 heavy (non-hydrogen) atoms. The van der Waals surface area contributed by atoms with Gasteiger partial charge in [-0.2, -0.15) is 0 Å². The first-order valence-corrected chi connectivity index (χ1v) is 35.0. The molecule has 0 aromatic carbocycles. The third-order valence-corrected chi connectivity index (χ3v) is 15.8. The number of carbonyl (C=O) groups is 3. The van der Waals surface area contributed by atoms with Crippen LogP contribution < -0.4 is 0 Å². The average molecular weight is 1100 g/mol. The van der Waals surface area contributed by atoms with Crippen LogP contribution in [-0.2, 0) is 28.6 Å². The molecule has 0 heterocycles. The van der Waals surface area contributed by atoms with Crippen molar-refractivity contribution >= 4 is 17.9 Å². The highest BCUT2D eigenvalue weighted by molar-refractivity contribution is 5.71. The third kappa shape index (κ3) is 64.5. The van der Waals surface area contributed by atoms with Gasteiger partial charge in [0.05, 0.1) is 0 Å². The van der Waals surface area contributed by atoms with E-state index >= 15 is 0 Å². The van der Waals surface area contributed by atoms with Crippen molar-refractivity contribution in [1.29, 1.82) is 0 Å². The minimum absolute atomic E-state index is 0.0742. The molecule has 0 amide bonds. The molecule has 0 saturated heterocycles. The highest BCUT2D eigenvalue weighted by Gasteiger charge is 2.19. The predicted molar refractivity (Wildman–Crippen MR) is 339 cm³/mol. The Bertz CT molecular complexity index is 1300. The van der Waals surface area contributed by atoms with E-state index in [0.29, 0.717) is 19.3 Å². The van der Waals surface area contributed by atoms with Crippen LogP contribution in [0.25, 0.3) is 0 Å². The van der Waals surface area contributed by atoms with Gasteiger partial charge >= 0.3 is 17.9 Å². The van der Waals surface area contributed by atoms with E-state index in [0.717, 1.165) is 83.5 Å². The highest BCUT2D eigenvalue weighted by Crippen LogP contribution is 2.19. The lowest BCUT2D eigenvalue weighted by molar-refractivity contribution is -0.167. The molecule has 0 saturated carbocycles. The Kier molecular flexibility index (Phi) is 65.1. The van der Waals surface area contributed by atoms with Crippen LogP contribution in [0.1, 0.15) is 387 Å². The molecule has 0 aliphatic rings. The van der Waals surface area contributed by atoms with E-state index in [2.05, 4.69) is 57.2 Å². The lowest BCUT2D eigenvalue weighted by Gasteiger charge is -2.18. The largest absolute Gasteiger partial charge is 0.462 e. The summed E-state index contributed by atoms with van der Waals surface area (Å²) in [5.74, 6) is -0.868. The summed E-state index contributed by atoms with van der Waals surface area (Å²) in [6, 6.07) is 0. The van der Waals surface area contributed by atoms with Gasteiger partial charge in [-0.1, -0.05) is 333 Å². The van der Waals surface area contributed by atoms with E-state index in [-0.39, 0.29) is 31.1 Å². The van der Waals surface area contributed by atoms with Gasteiger partial charge in [-0.05, 0) is 70.6 Å². The molecule has 0 bridgehead atoms. The Morgan fingerprint density at radius 2 is 0.487 bits per heavy atom. The van der Waals surface area contributed by atoms with Crippen LogP contribution in [0.5, 0.6) is 0 Å². The van der Waals surface area contributed by atoms with Gasteiger partial charge in [-0.3, -0.25) is 14.4 Å². The van der Waals surface area contributed by atoms with Gasteiger partial charge in [0.15, 0.2) is 6.10 Å². The Balaban J connectivity index is 4.17. The second-order valence-electron chi connectivity index (χ2n) is 23.8. The number of hydrogen-bond donors (Lipinski definition) is 0. The van der Waals surface area contributed by atoms with Gasteiger partial charge in [-0.25, -0.2) is 0 Å². The van der Waals surface area contributed by atoms with Crippen LogP contribution in [0, 0.1) is 0 Å². The lowest BCUT2D eigenvalue weighted by Crippen LogP contribution is -2.30. The summed E-state index contributed by atoms with van der Waals surface area (Å²) >= 11 is 0. The minimum atomic E-state index is -0.779. The summed E-state index contributed by atoms with van der Waals surface area (Å²) in [6.45, 7) is 6.63. The van der Waals surface area contributed by atoms with Crippen molar-refractivity contribution < 1.29 is 28.6 Å². The maximum absolute atomic E-state index is 12.9. The summed E-state index contributed by atoms with van der Waals surface area (Å²) in [5, 5.41) is 0. The SMILES string of the molecule is CCC/C=C\C/C=C\CCCCCCCC(=O)OCC(COC(=O)CCCCCCCCCCCCCCCCCCCCCCCCCCCCCCC)OC(=O)CCCCCCCCC/C=C\CCCCCCCCC. The van der Waals surface area contributed by atoms with E-state index < -0.39 is 6.10 Å². The first-order valence-electron chi connectivity index (χ1n) is 35.0. The van der Waals surface area contributed by atoms with Crippen molar-refractivity contribution in [2.24, 2.45) is 0 Å². The molecule has 1 unspecified atom stereocenters. The van der Waals surface area contributed by atoms with Gasteiger partial charge < -0.3 is 14.2 Å². The summed E-state index contributed by atoms with van der Waals surface area (Å²) in [5.41, 5.74) is 0. The zero-order valence-corrected chi connectivity index (χ0v) is 52.7. The predicted octanol–water partition coefficient (Wildman–Crippen LogP) is 23.9. The molecule has 6 nitrogen and oxygen atoms in total. The van der Waals surface area contributed by atoms with Crippen molar-refractivity contribution in [3.63, 3.8) is 0 Å². The van der Waals surface area contributed by atoms with Crippen molar-refractivity contribution in [2.45, 2.75) is 393 Å². The van der Waals surface area contributed by atoms with Gasteiger partial charge in [0.1, 0.15) is 13.2 Å². The van der Waals surface area contributed by atoms with Crippen molar-refractivity contribution in [1.82, 2.24) is 0 Å². The molecule has 0 radical (unpaired) electrons. The molecule has 0 aromatic rings. The second kappa shape index (κ2) is 67.1. The monoisotopic (exact) mass is 1100 g/mol. The fourth-order valence-electron chi connectivity index (χ4n) is 10.6. The van der Waals surface area contributed by atoms with Gasteiger partial charge in [0.25, 0.3) is 0 Å². The maximum Gasteiger partial charge on any atom is 0.306 e. The third-order valence-electron chi connectivity index (χ3n) is 15.8. The van der Waals surface area contributed by atoms with Crippen LogP contribution in [-0.4, -0.2) is 37.2 Å². The molecule has 0 aliphatic heterocycles. The average Bonchev–Trinajstić information content (AvgIpc) is 3.44. The Morgan fingerprint density at radius 1 is 0.256 bits per heavy atom. The van der Waals surface area contributed by atoms with Crippen molar-refractivity contribution in [3.05, 3.63) is 36.5 Å². The number of hydrogen-bond acceptors (Lipinski definition) is 6. The Hall–Kier alpha value is -2.37. The molecule has 0 spiro atoms. The highest BCUT2D eigenvalue weighted by atomic mass is 16.6. The second-order valence-corrected chi connectivity index (χ2v) is 23.8. The van der Waals surface area contributed by atoms with Crippen molar-refractivity contribution in [3.8, 4) is 0 Å². The first kappa shape index (κ1) is 75.6. The number of allylic oxidation sites excluding steroid dienone is 6. The quantitative estimate of drug-likeness (QED) is 0.0261. The minimum Gasteiger partial charge on any atom is -0.462 e.